The Morgan fingerprint density at radius 1 is 0.846 bits per heavy atom. The SMILES string of the molecule is O=C(CCCc1cccs1)N(CCn1cnc(C(=O)N2CCN(Cc3ccccc3)C[C@H]2Cc2ccccc2)c1-c1ccccc1)C1CCOCC1. The van der Waals surface area contributed by atoms with E-state index in [0.29, 0.717) is 45.0 Å². The van der Waals surface area contributed by atoms with Gasteiger partial charge in [0.05, 0.1) is 12.0 Å². The van der Waals surface area contributed by atoms with E-state index in [1.54, 1.807) is 17.7 Å². The molecule has 2 amide bonds. The Balaban J connectivity index is 1.12. The first-order valence-electron chi connectivity index (χ1n) is 18.7. The standard InChI is InChI=1S/C43H49N5O3S/c49-40(20-10-18-39-19-11-29-52-39)47(37-21-27-51-28-22-37)26-24-46-33-44-41(42(46)36-16-8-3-9-17-36)43(50)48-25-23-45(31-35-14-6-2-7-15-35)32-38(48)30-34-12-4-1-5-13-34/h1-9,11-17,19,29,33,37-38H,10,18,20-28,30-32H2/t38-/m1/s1. The molecular formula is C43H49N5O3S. The van der Waals surface area contributed by atoms with Gasteiger partial charge in [-0.25, -0.2) is 4.98 Å². The molecule has 7 rings (SSSR count). The maximum Gasteiger partial charge on any atom is 0.275 e. The quantitative estimate of drug-likeness (QED) is 0.122. The summed E-state index contributed by atoms with van der Waals surface area (Å²) >= 11 is 1.75. The summed E-state index contributed by atoms with van der Waals surface area (Å²) in [5.74, 6) is 0.155. The van der Waals surface area contributed by atoms with E-state index in [2.05, 4.69) is 104 Å². The van der Waals surface area contributed by atoms with Gasteiger partial charge >= 0.3 is 0 Å². The van der Waals surface area contributed by atoms with Crippen LogP contribution in [0, 0.1) is 0 Å². The maximum absolute atomic E-state index is 14.7. The number of carbonyl (C=O) groups excluding carboxylic acids is 2. The van der Waals surface area contributed by atoms with Crippen molar-refractivity contribution in [3.8, 4) is 11.3 Å². The maximum atomic E-state index is 14.7. The van der Waals surface area contributed by atoms with Crippen LogP contribution in [0.2, 0.25) is 0 Å². The van der Waals surface area contributed by atoms with Crippen molar-refractivity contribution in [2.75, 3.05) is 39.4 Å². The van der Waals surface area contributed by atoms with Gasteiger partial charge in [-0.1, -0.05) is 97.1 Å². The van der Waals surface area contributed by atoms with Crippen LogP contribution in [0.3, 0.4) is 0 Å². The van der Waals surface area contributed by atoms with Crippen molar-refractivity contribution in [3.05, 3.63) is 137 Å². The van der Waals surface area contributed by atoms with Crippen molar-refractivity contribution in [1.82, 2.24) is 24.3 Å². The number of ether oxygens (including phenoxy) is 1. The molecule has 2 aromatic heterocycles. The minimum absolute atomic E-state index is 0.00283. The average molecular weight is 716 g/mol. The zero-order valence-electron chi connectivity index (χ0n) is 29.9. The molecule has 0 aliphatic carbocycles. The Morgan fingerprint density at radius 2 is 1.56 bits per heavy atom. The third-order valence-electron chi connectivity index (χ3n) is 10.4. The van der Waals surface area contributed by atoms with E-state index < -0.39 is 0 Å². The van der Waals surface area contributed by atoms with Gasteiger partial charge in [0.2, 0.25) is 5.91 Å². The van der Waals surface area contributed by atoms with E-state index in [4.69, 9.17) is 9.72 Å². The van der Waals surface area contributed by atoms with Crippen LogP contribution in [0.5, 0.6) is 0 Å². The smallest absolute Gasteiger partial charge is 0.275 e. The summed E-state index contributed by atoms with van der Waals surface area (Å²) in [7, 11) is 0. The molecule has 4 heterocycles. The van der Waals surface area contributed by atoms with Gasteiger partial charge < -0.3 is 19.1 Å². The monoisotopic (exact) mass is 715 g/mol. The predicted octanol–water partition coefficient (Wildman–Crippen LogP) is 7.21. The number of imidazole rings is 1. The van der Waals surface area contributed by atoms with Crippen molar-refractivity contribution in [3.63, 3.8) is 0 Å². The number of amides is 2. The average Bonchev–Trinajstić information content (AvgIpc) is 3.87. The molecule has 8 nitrogen and oxygen atoms in total. The van der Waals surface area contributed by atoms with Crippen LogP contribution in [0.25, 0.3) is 11.3 Å². The van der Waals surface area contributed by atoms with Crippen LogP contribution >= 0.6 is 11.3 Å². The van der Waals surface area contributed by atoms with Crippen molar-refractivity contribution < 1.29 is 14.3 Å². The highest BCUT2D eigenvalue weighted by molar-refractivity contribution is 7.09. The molecule has 0 N–H and O–H groups in total. The molecule has 3 aromatic carbocycles. The van der Waals surface area contributed by atoms with E-state index in [0.717, 1.165) is 63.0 Å². The van der Waals surface area contributed by atoms with E-state index >= 15 is 0 Å². The highest BCUT2D eigenvalue weighted by atomic mass is 32.1. The summed E-state index contributed by atoms with van der Waals surface area (Å²) in [6, 6.07) is 35.5. The second-order valence-electron chi connectivity index (χ2n) is 13.9. The number of piperazine rings is 1. The third-order valence-corrected chi connectivity index (χ3v) is 11.3. The molecule has 5 aromatic rings. The molecule has 2 aliphatic heterocycles. The van der Waals surface area contributed by atoms with Crippen molar-refractivity contribution in [2.45, 2.75) is 63.7 Å². The van der Waals surface area contributed by atoms with Crippen LogP contribution in [0.4, 0.5) is 0 Å². The molecule has 2 aliphatic rings. The minimum atomic E-state index is -0.0381. The number of hydrogen-bond acceptors (Lipinski definition) is 6. The van der Waals surface area contributed by atoms with Gasteiger partial charge in [0.25, 0.3) is 5.91 Å². The molecule has 52 heavy (non-hydrogen) atoms. The van der Waals surface area contributed by atoms with Gasteiger partial charge in [-0.3, -0.25) is 14.5 Å². The molecule has 2 saturated heterocycles. The number of nitrogens with zero attached hydrogens (tertiary/aromatic N) is 5. The summed E-state index contributed by atoms with van der Waals surface area (Å²) in [6.45, 7) is 5.51. The Morgan fingerprint density at radius 3 is 2.27 bits per heavy atom. The Kier molecular flexibility index (Phi) is 12.2. The zero-order valence-corrected chi connectivity index (χ0v) is 30.7. The van der Waals surface area contributed by atoms with Crippen LogP contribution in [-0.4, -0.2) is 87.5 Å². The van der Waals surface area contributed by atoms with Gasteiger partial charge in [-0.05, 0) is 54.7 Å². The number of carbonyl (C=O) groups is 2. The first kappa shape index (κ1) is 35.8. The van der Waals surface area contributed by atoms with Crippen LogP contribution in [-0.2, 0) is 35.5 Å². The second kappa shape index (κ2) is 17.8. The van der Waals surface area contributed by atoms with Crippen molar-refractivity contribution in [2.24, 2.45) is 0 Å². The lowest BCUT2D eigenvalue weighted by molar-refractivity contribution is -0.135. The van der Waals surface area contributed by atoms with E-state index in [1.165, 1.54) is 16.0 Å². The summed E-state index contributed by atoms with van der Waals surface area (Å²) in [4.78, 5) is 41.3. The highest BCUT2D eigenvalue weighted by Crippen LogP contribution is 2.28. The number of aromatic nitrogens is 2. The first-order valence-corrected chi connectivity index (χ1v) is 19.6. The lowest BCUT2D eigenvalue weighted by Crippen LogP contribution is -2.55. The van der Waals surface area contributed by atoms with Crippen LogP contribution in [0.1, 0.15) is 52.2 Å². The molecule has 0 unspecified atom stereocenters. The minimum Gasteiger partial charge on any atom is -0.381 e. The summed E-state index contributed by atoms with van der Waals surface area (Å²) < 4.78 is 7.76. The van der Waals surface area contributed by atoms with Crippen LogP contribution in [0.15, 0.2) is 115 Å². The first-order chi connectivity index (χ1) is 25.6. The normalized spacial score (nSPS) is 16.9. The molecule has 2 fully saturated rings. The van der Waals surface area contributed by atoms with Gasteiger partial charge in [0, 0.05) is 81.4 Å². The zero-order chi connectivity index (χ0) is 35.5. The Labute approximate surface area is 311 Å². The molecule has 1 atom stereocenters. The highest BCUT2D eigenvalue weighted by Gasteiger charge is 2.34. The fourth-order valence-corrected chi connectivity index (χ4v) is 8.46. The molecular weight excluding hydrogens is 667 g/mol. The second-order valence-corrected chi connectivity index (χ2v) is 15.0. The fraction of sp³-hybridized carbons (Fsp3) is 0.372. The molecule has 9 heteroatoms. The van der Waals surface area contributed by atoms with Crippen molar-refractivity contribution >= 4 is 23.2 Å². The summed E-state index contributed by atoms with van der Waals surface area (Å²) in [6.07, 6.45) is 6.53. The number of rotatable bonds is 14. The Bertz CT molecular complexity index is 1840. The fourth-order valence-electron chi connectivity index (χ4n) is 7.71. The Hall–Kier alpha value is -4.57. The molecule has 0 bridgehead atoms. The third kappa shape index (κ3) is 9.07. The number of hydrogen-bond donors (Lipinski definition) is 0. The molecule has 0 saturated carbocycles. The van der Waals surface area contributed by atoms with Gasteiger partial charge in [0.1, 0.15) is 0 Å². The van der Waals surface area contributed by atoms with Crippen LogP contribution < -0.4 is 0 Å². The van der Waals surface area contributed by atoms with Gasteiger partial charge in [-0.2, -0.15) is 0 Å². The molecule has 270 valence electrons. The molecule has 0 spiro atoms. The number of benzene rings is 3. The van der Waals surface area contributed by atoms with Crippen molar-refractivity contribution in [1.29, 1.82) is 0 Å². The topological polar surface area (TPSA) is 70.9 Å². The molecule has 0 radical (unpaired) electrons. The van der Waals surface area contributed by atoms with Gasteiger partial charge in [0.15, 0.2) is 5.69 Å². The predicted molar refractivity (Wildman–Crippen MR) is 207 cm³/mol. The van der Waals surface area contributed by atoms with E-state index in [-0.39, 0.29) is 23.9 Å². The largest absolute Gasteiger partial charge is 0.381 e. The summed E-state index contributed by atoms with van der Waals surface area (Å²) in [5, 5.41) is 2.09. The number of aryl methyl sites for hydroxylation is 1. The van der Waals surface area contributed by atoms with E-state index in [1.807, 2.05) is 24.3 Å². The lowest BCUT2D eigenvalue weighted by atomic mass is 10.0. The lowest BCUT2D eigenvalue weighted by Gasteiger charge is -2.41. The van der Waals surface area contributed by atoms with Gasteiger partial charge in [-0.15, -0.1) is 11.3 Å². The summed E-state index contributed by atoms with van der Waals surface area (Å²) in [5.41, 5.74) is 4.73. The van der Waals surface area contributed by atoms with E-state index in [9.17, 15) is 9.59 Å². The number of thiophene rings is 1.